The highest BCUT2D eigenvalue weighted by molar-refractivity contribution is 7.92. The number of sulfonamides is 1. The van der Waals surface area contributed by atoms with Crippen LogP contribution in [0, 0.1) is 0 Å². The first kappa shape index (κ1) is 20.7. The van der Waals surface area contributed by atoms with Gasteiger partial charge < -0.3 is 10.1 Å². The molecule has 0 aliphatic rings. The number of anilines is 2. The van der Waals surface area contributed by atoms with Crippen molar-refractivity contribution >= 4 is 38.9 Å². The van der Waals surface area contributed by atoms with Gasteiger partial charge in [0, 0.05) is 12.7 Å². The summed E-state index contributed by atoms with van der Waals surface area (Å²) in [5.41, 5.74) is 1.01. The van der Waals surface area contributed by atoms with Crippen LogP contribution >= 0.6 is 11.6 Å². The van der Waals surface area contributed by atoms with Crippen LogP contribution in [0.1, 0.15) is 0 Å². The van der Waals surface area contributed by atoms with Crippen molar-refractivity contribution in [2.24, 2.45) is 0 Å². The minimum Gasteiger partial charge on any atom is -0.482 e. The largest absolute Gasteiger partial charge is 0.482 e. The Bertz CT molecular complexity index is 1090. The summed E-state index contributed by atoms with van der Waals surface area (Å²) in [4.78, 5) is 12.2. The second-order valence-electron chi connectivity index (χ2n) is 6.10. The summed E-state index contributed by atoms with van der Waals surface area (Å²) >= 11 is 5.98. The molecule has 6 nitrogen and oxygen atoms in total. The number of benzene rings is 3. The average Bonchev–Trinajstić information content (AvgIpc) is 2.73. The molecule has 0 radical (unpaired) electrons. The molecule has 0 saturated carbocycles. The van der Waals surface area contributed by atoms with Crippen molar-refractivity contribution in [1.29, 1.82) is 0 Å². The van der Waals surface area contributed by atoms with Crippen LogP contribution in [0.25, 0.3) is 0 Å². The number of nitrogens with zero attached hydrogens (tertiary/aromatic N) is 1. The molecule has 0 heterocycles. The van der Waals surface area contributed by atoms with Crippen LogP contribution in [-0.2, 0) is 14.8 Å². The van der Waals surface area contributed by atoms with Crippen LogP contribution in [0.3, 0.4) is 0 Å². The van der Waals surface area contributed by atoms with Crippen molar-refractivity contribution in [2.45, 2.75) is 4.90 Å². The molecular formula is C21H19ClN2O4S. The first-order valence-electron chi connectivity index (χ1n) is 8.69. The maximum atomic E-state index is 12.8. The predicted octanol–water partition coefficient (Wildman–Crippen LogP) is 4.18. The van der Waals surface area contributed by atoms with E-state index in [9.17, 15) is 13.2 Å². The average molecular weight is 431 g/mol. The van der Waals surface area contributed by atoms with Crippen LogP contribution in [-0.4, -0.2) is 28.0 Å². The second kappa shape index (κ2) is 8.98. The van der Waals surface area contributed by atoms with Crippen LogP contribution < -0.4 is 14.4 Å². The van der Waals surface area contributed by atoms with Crippen LogP contribution in [0.2, 0.25) is 5.02 Å². The highest BCUT2D eigenvalue weighted by Gasteiger charge is 2.21. The van der Waals surface area contributed by atoms with Crippen molar-refractivity contribution in [3.8, 4) is 5.75 Å². The molecule has 0 aromatic heterocycles. The molecule has 0 saturated heterocycles. The number of para-hydroxylation sites is 2. The third-order valence-corrected chi connectivity index (χ3v) is 6.22. The quantitative estimate of drug-likeness (QED) is 0.610. The van der Waals surface area contributed by atoms with Crippen molar-refractivity contribution in [3.63, 3.8) is 0 Å². The molecule has 3 aromatic carbocycles. The number of hydrogen-bond acceptors (Lipinski definition) is 4. The summed E-state index contributed by atoms with van der Waals surface area (Å²) in [5, 5.41) is 3.07. The number of nitrogens with one attached hydrogen (secondary N) is 1. The summed E-state index contributed by atoms with van der Waals surface area (Å²) in [6, 6.07) is 21.6. The lowest BCUT2D eigenvalue weighted by atomic mass is 10.3. The van der Waals surface area contributed by atoms with E-state index in [0.29, 0.717) is 22.1 Å². The minimum atomic E-state index is -3.71. The molecule has 8 heteroatoms. The van der Waals surface area contributed by atoms with Gasteiger partial charge in [0.05, 0.1) is 15.6 Å². The van der Waals surface area contributed by atoms with Crippen LogP contribution in [0.5, 0.6) is 5.75 Å². The summed E-state index contributed by atoms with van der Waals surface area (Å²) in [7, 11) is -2.21. The van der Waals surface area contributed by atoms with E-state index in [4.69, 9.17) is 16.3 Å². The molecule has 0 aliphatic heterocycles. The topological polar surface area (TPSA) is 75.7 Å². The molecule has 0 unspecified atom stereocenters. The number of carbonyl (C=O) groups excluding carboxylic acids is 1. The third kappa shape index (κ3) is 5.07. The first-order chi connectivity index (χ1) is 13.9. The highest BCUT2D eigenvalue weighted by atomic mass is 35.5. The molecule has 0 atom stereocenters. The van der Waals surface area contributed by atoms with E-state index in [1.165, 1.54) is 35.6 Å². The zero-order chi connectivity index (χ0) is 20.9. The lowest BCUT2D eigenvalue weighted by Gasteiger charge is -2.19. The Labute approximate surface area is 174 Å². The van der Waals surface area contributed by atoms with Gasteiger partial charge in [0.2, 0.25) is 0 Å². The Balaban J connectivity index is 1.64. The summed E-state index contributed by atoms with van der Waals surface area (Å²) in [6.07, 6.45) is 0. The molecule has 0 aliphatic carbocycles. The van der Waals surface area contributed by atoms with Gasteiger partial charge in [0.1, 0.15) is 5.75 Å². The SMILES string of the molecule is CN(c1ccccc1)S(=O)(=O)c1ccc(NC(=O)COc2ccccc2Cl)cc1. The van der Waals surface area contributed by atoms with E-state index in [1.807, 2.05) is 6.07 Å². The van der Waals surface area contributed by atoms with E-state index >= 15 is 0 Å². The normalized spacial score (nSPS) is 11.0. The Morgan fingerprint density at radius 1 is 0.966 bits per heavy atom. The number of amides is 1. The molecule has 150 valence electrons. The van der Waals surface area contributed by atoms with Gasteiger partial charge >= 0.3 is 0 Å². The third-order valence-electron chi connectivity index (χ3n) is 4.11. The zero-order valence-corrected chi connectivity index (χ0v) is 17.2. The fourth-order valence-corrected chi connectivity index (χ4v) is 3.93. The molecule has 0 bridgehead atoms. The van der Waals surface area contributed by atoms with Gasteiger partial charge in [0.25, 0.3) is 15.9 Å². The molecule has 1 amide bonds. The molecule has 0 fully saturated rings. The van der Waals surface area contributed by atoms with E-state index in [-0.39, 0.29) is 17.4 Å². The zero-order valence-electron chi connectivity index (χ0n) is 15.6. The first-order valence-corrected chi connectivity index (χ1v) is 10.5. The maximum absolute atomic E-state index is 12.8. The van der Waals surface area contributed by atoms with Gasteiger partial charge in [-0.2, -0.15) is 0 Å². The van der Waals surface area contributed by atoms with E-state index in [2.05, 4.69) is 5.32 Å². The van der Waals surface area contributed by atoms with E-state index in [1.54, 1.807) is 48.5 Å². The van der Waals surface area contributed by atoms with Gasteiger partial charge in [0.15, 0.2) is 6.61 Å². The van der Waals surface area contributed by atoms with Gasteiger partial charge in [-0.15, -0.1) is 0 Å². The van der Waals surface area contributed by atoms with Crippen LogP contribution in [0.15, 0.2) is 83.8 Å². The Morgan fingerprint density at radius 2 is 1.59 bits per heavy atom. The van der Waals surface area contributed by atoms with Gasteiger partial charge in [-0.25, -0.2) is 8.42 Å². The fourth-order valence-electron chi connectivity index (χ4n) is 2.55. The highest BCUT2D eigenvalue weighted by Crippen LogP contribution is 2.24. The number of ether oxygens (including phenoxy) is 1. The van der Waals surface area contributed by atoms with Gasteiger partial charge in [-0.05, 0) is 48.5 Å². The molecule has 3 rings (SSSR count). The van der Waals surface area contributed by atoms with Crippen molar-refractivity contribution in [1.82, 2.24) is 0 Å². The Hall–Kier alpha value is -3.03. The fraction of sp³-hybridized carbons (Fsp3) is 0.0952. The van der Waals surface area contributed by atoms with E-state index in [0.717, 1.165) is 0 Å². The van der Waals surface area contributed by atoms with Gasteiger partial charge in [-0.3, -0.25) is 9.10 Å². The molecule has 29 heavy (non-hydrogen) atoms. The standard InChI is InChI=1S/C21H19ClN2O4S/c1-24(17-7-3-2-4-8-17)29(26,27)18-13-11-16(12-14-18)23-21(25)15-28-20-10-6-5-9-19(20)22/h2-14H,15H2,1H3,(H,23,25). The second-order valence-corrected chi connectivity index (χ2v) is 8.48. The number of carbonyl (C=O) groups is 1. The van der Waals surface area contributed by atoms with Crippen LogP contribution in [0.4, 0.5) is 11.4 Å². The van der Waals surface area contributed by atoms with Crippen molar-refractivity contribution < 1.29 is 17.9 Å². The number of rotatable bonds is 7. The maximum Gasteiger partial charge on any atom is 0.264 e. The summed E-state index contributed by atoms with van der Waals surface area (Å²) in [6.45, 7) is -0.222. The summed E-state index contributed by atoms with van der Waals surface area (Å²) < 4.78 is 32.1. The Kier molecular flexibility index (Phi) is 6.41. The monoisotopic (exact) mass is 430 g/mol. The minimum absolute atomic E-state index is 0.120. The number of halogens is 1. The Morgan fingerprint density at radius 3 is 2.24 bits per heavy atom. The molecular weight excluding hydrogens is 412 g/mol. The van der Waals surface area contributed by atoms with Crippen molar-refractivity contribution in [2.75, 3.05) is 23.3 Å². The van der Waals surface area contributed by atoms with Gasteiger partial charge in [-0.1, -0.05) is 41.9 Å². The predicted molar refractivity (Wildman–Crippen MR) is 114 cm³/mol. The summed E-state index contributed by atoms with van der Waals surface area (Å²) in [5.74, 6) is 0.0247. The van der Waals surface area contributed by atoms with E-state index < -0.39 is 10.0 Å². The smallest absolute Gasteiger partial charge is 0.264 e. The lowest BCUT2D eigenvalue weighted by Crippen LogP contribution is -2.26. The lowest BCUT2D eigenvalue weighted by molar-refractivity contribution is -0.118. The molecule has 3 aromatic rings. The van der Waals surface area contributed by atoms with Crippen molar-refractivity contribution in [3.05, 3.63) is 83.9 Å². The number of hydrogen-bond donors (Lipinski definition) is 1. The molecule has 1 N–H and O–H groups in total. The molecule has 0 spiro atoms.